The second kappa shape index (κ2) is 5.83. The van der Waals surface area contributed by atoms with Crippen molar-refractivity contribution >= 4 is 0 Å². The Morgan fingerprint density at radius 3 is 2.73 bits per heavy atom. The Hall–Kier alpha value is -0.120. The summed E-state index contributed by atoms with van der Waals surface area (Å²) in [6.45, 7) is 6.62. The Balaban J connectivity index is 2.08. The third kappa shape index (κ3) is 5.50. The third-order valence-electron chi connectivity index (χ3n) is 3.13. The molecule has 90 valence electrons. The van der Waals surface area contributed by atoms with Crippen LogP contribution in [0.15, 0.2) is 0 Å². The lowest BCUT2D eigenvalue weighted by molar-refractivity contribution is 0.0786. The summed E-state index contributed by atoms with van der Waals surface area (Å²) in [4.78, 5) is 2.47. The fraction of sp³-hybridized carbons (Fsp3) is 1.00. The molecule has 3 heteroatoms. The van der Waals surface area contributed by atoms with E-state index in [-0.39, 0.29) is 0 Å². The van der Waals surface area contributed by atoms with Gasteiger partial charge in [-0.2, -0.15) is 0 Å². The molecule has 1 saturated heterocycles. The van der Waals surface area contributed by atoms with Gasteiger partial charge in [0.1, 0.15) is 0 Å². The van der Waals surface area contributed by atoms with Gasteiger partial charge < -0.3 is 15.3 Å². The van der Waals surface area contributed by atoms with Crippen molar-refractivity contribution in [1.82, 2.24) is 10.2 Å². The molecule has 0 aromatic rings. The van der Waals surface area contributed by atoms with Gasteiger partial charge in [-0.25, -0.2) is 0 Å². The minimum atomic E-state index is -0.585. The number of likely N-dealkylation sites (tertiary alicyclic amines) is 1. The van der Waals surface area contributed by atoms with Crippen molar-refractivity contribution in [2.75, 3.05) is 26.7 Å². The highest BCUT2D eigenvalue weighted by Gasteiger charge is 2.18. The van der Waals surface area contributed by atoms with Crippen LogP contribution in [0.2, 0.25) is 0 Å². The smallest absolute Gasteiger partial charge is 0.0715 e. The molecule has 1 fully saturated rings. The zero-order valence-electron chi connectivity index (χ0n) is 10.4. The van der Waals surface area contributed by atoms with Crippen molar-refractivity contribution in [2.45, 2.75) is 51.2 Å². The molecule has 0 bridgehead atoms. The first-order valence-corrected chi connectivity index (χ1v) is 6.12. The fourth-order valence-electron chi connectivity index (χ4n) is 2.17. The highest BCUT2D eigenvalue weighted by molar-refractivity contribution is 4.76. The fourth-order valence-corrected chi connectivity index (χ4v) is 2.17. The highest BCUT2D eigenvalue weighted by atomic mass is 16.3. The molecule has 0 amide bonds. The molecule has 0 aromatic heterocycles. The van der Waals surface area contributed by atoms with Crippen LogP contribution in [0.4, 0.5) is 0 Å². The van der Waals surface area contributed by atoms with Gasteiger partial charge in [0, 0.05) is 12.6 Å². The Labute approximate surface area is 93.9 Å². The van der Waals surface area contributed by atoms with E-state index in [0.717, 1.165) is 12.6 Å². The van der Waals surface area contributed by atoms with Crippen LogP contribution in [0.1, 0.15) is 39.5 Å². The summed E-state index contributed by atoms with van der Waals surface area (Å²) in [5, 5.41) is 12.9. The van der Waals surface area contributed by atoms with Crippen LogP contribution in [0.25, 0.3) is 0 Å². The number of nitrogens with one attached hydrogen (secondary N) is 1. The van der Waals surface area contributed by atoms with E-state index in [1.54, 1.807) is 0 Å². The van der Waals surface area contributed by atoms with Gasteiger partial charge in [-0.15, -0.1) is 0 Å². The molecule has 15 heavy (non-hydrogen) atoms. The second-order valence-corrected chi connectivity index (χ2v) is 5.41. The van der Waals surface area contributed by atoms with Gasteiger partial charge in [0.2, 0.25) is 0 Å². The van der Waals surface area contributed by atoms with Crippen LogP contribution in [0.3, 0.4) is 0 Å². The zero-order chi connectivity index (χ0) is 11.3. The summed E-state index contributed by atoms with van der Waals surface area (Å²) in [5.41, 5.74) is -0.585. The van der Waals surface area contributed by atoms with Crippen LogP contribution < -0.4 is 5.32 Å². The Bertz CT molecular complexity index is 177. The molecule has 1 aliphatic heterocycles. The maximum atomic E-state index is 9.53. The van der Waals surface area contributed by atoms with E-state index in [1.807, 2.05) is 13.8 Å². The Kier molecular flexibility index (Phi) is 5.03. The molecule has 0 aliphatic carbocycles. The predicted molar refractivity (Wildman–Crippen MR) is 64.1 cm³/mol. The Morgan fingerprint density at radius 2 is 2.13 bits per heavy atom. The molecule has 3 nitrogen and oxygen atoms in total. The van der Waals surface area contributed by atoms with E-state index in [0.29, 0.717) is 6.54 Å². The number of hydrogen-bond acceptors (Lipinski definition) is 3. The van der Waals surface area contributed by atoms with Crippen LogP contribution >= 0.6 is 0 Å². The number of piperidine rings is 1. The molecule has 1 heterocycles. The summed E-state index contributed by atoms with van der Waals surface area (Å²) in [6, 6.07) is 0.744. The molecule has 1 rings (SSSR count). The molecule has 0 spiro atoms. The van der Waals surface area contributed by atoms with Crippen molar-refractivity contribution < 1.29 is 5.11 Å². The molecule has 0 radical (unpaired) electrons. The zero-order valence-corrected chi connectivity index (χ0v) is 10.4. The molecule has 1 aliphatic rings. The van der Waals surface area contributed by atoms with Gasteiger partial charge in [-0.3, -0.25) is 0 Å². The summed E-state index contributed by atoms with van der Waals surface area (Å²) in [5.74, 6) is 0. The van der Waals surface area contributed by atoms with Crippen LogP contribution in [0, 0.1) is 0 Å². The SMILES string of the molecule is CN1CCCCC1CCNCC(C)(C)O. The molecule has 0 saturated carbocycles. The minimum absolute atomic E-state index is 0.585. The summed E-state index contributed by atoms with van der Waals surface area (Å²) in [6.07, 6.45) is 5.26. The first kappa shape index (κ1) is 12.9. The Morgan fingerprint density at radius 1 is 1.40 bits per heavy atom. The minimum Gasteiger partial charge on any atom is -0.389 e. The average molecular weight is 214 g/mol. The average Bonchev–Trinajstić information content (AvgIpc) is 2.13. The topological polar surface area (TPSA) is 35.5 Å². The van der Waals surface area contributed by atoms with Crippen LogP contribution in [-0.2, 0) is 0 Å². The number of hydrogen-bond donors (Lipinski definition) is 2. The molecular formula is C12H26N2O. The van der Waals surface area contributed by atoms with E-state index in [1.165, 1.54) is 32.2 Å². The van der Waals surface area contributed by atoms with Gasteiger partial charge in [0.05, 0.1) is 5.60 Å². The molecule has 2 N–H and O–H groups in total. The lowest BCUT2D eigenvalue weighted by Gasteiger charge is -2.32. The van der Waals surface area contributed by atoms with E-state index < -0.39 is 5.60 Å². The quantitative estimate of drug-likeness (QED) is 0.676. The van der Waals surface area contributed by atoms with E-state index in [4.69, 9.17) is 0 Å². The second-order valence-electron chi connectivity index (χ2n) is 5.41. The van der Waals surface area contributed by atoms with Crippen LogP contribution in [0.5, 0.6) is 0 Å². The monoisotopic (exact) mass is 214 g/mol. The third-order valence-corrected chi connectivity index (χ3v) is 3.13. The molecule has 0 aromatic carbocycles. The first-order chi connectivity index (χ1) is 6.99. The van der Waals surface area contributed by atoms with Gasteiger partial charge in [-0.05, 0) is 53.2 Å². The van der Waals surface area contributed by atoms with Crippen molar-refractivity contribution in [3.05, 3.63) is 0 Å². The van der Waals surface area contributed by atoms with Gasteiger partial charge in [-0.1, -0.05) is 6.42 Å². The van der Waals surface area contributed by atoms with Crippen molar-refractivity contribution in [2.24, 2.45) is 0 Å². The van der Waals surface area contributed by atoms with Crippen molar-refractivity contribution in [1.29, 1.82) is 0 Å². The normalized spacial score (nSPS) is 24.4. The lowest BCUT2D eigenvalue weighted by Crippen LogP contribution is -2.40. The predicted octanol–water partition coefficient (Wildman–Crippen LogP) is 1.22. The standard InChI is InChI=1S/C12H26N2O/c1-12(2,15)10-13-8-7-11-6-4-5-9-14(11)3/h11,13,15H,4-10H2,1-3H3. The van der Waals surface area contributed by atoms with Gasteiger partial charge in [0.25, 0.3) is 0 Å². The highest BCUT2D eigenvalue weighted by Crippen LogP contribution is 2.17. The van der Waals surface area contributed by atoms with E-state index in [2.05, 4.69) is 17.3 Å². The first-order valence-electron chi connectivity index (χ1n) is 6.12. The van der Waals surface area contributed by atoms with E-state index >= 15 is 0 Å². The number of nitrogens with zero attached hydrogens (tertiary/aromatic N) is 1. The number of aliphatic hydroxyl groups is 1. The van der Waals surface area contributed by atoms with Crippen molar-refractivity contribution in [3.8, 4) is 0 Å². The van der Waals surface area contributed by atoms with Gasteiger partial charge >= 0.3 is 0 Å². The maximum Gasteiger partial charge on any atom is 0.0715 e. The largest absolute Gasteiger partial charge is 0.389 e. The molecule has 1 unspecified atom stereocenters. The lowest BCUT2D eigenvalue weighted by atomic mass is 10.00. The summed E-state index contributed by atoms with van der Waals surface area (Å²) < 4.78 is 0. The molecular weight excluding hydrogens is 188 g/mol. The summed E-state index contributed by atoms with van der Waals surface area (Å²) >= 11 is 0. The van der Waals surface area contributed by atoms with Gasteiger partial charge in [0.15, 0.2) is 0 Å². The van der Waals surface area contributed by atoms with Crippen LogP contribution in [-0.4, -0.2) is 48.3 Å². The molecule has 1 atom stereocenters. The number of rotatable bonds is 5. The van der Waals surface area contributed by atoms with E-state index in [9.17, 15) is 5.11 Å². The maximum absolute atomic E-state index is 9.53. The van der Waals surface area contributed by atoms with Crippen molar-refractivity contribution in [3.63, 3.8) is 0 Å². The summed E-state index contributed by atoms with van der Waals surface area (Å²) in [7, 11) is 2.22.